The Bertz CT molecular complexity index is 878. The lowest BCUT2D eigenvalue weighted by atomic mass is 9.71. The zero-order valence-corrected chi connectivity index (χ0v) is 16.0. The molecule has 0 saturated heterocycles. The lowest BCUT2D eigenvalue weighted by Gasteiger charge is -2.35. The maximum Gasteiger partial charge on any atom is 0.123 e. The van der Waals surface area contributed by atoms with Crippen molar-refractivity contribution in [3.05, 3.63) is 60.0 Å². The predicted octanol–water partition coefficient (Wildman–Crippen LogP) is 5.28. The molecule has 1 heterocycles. The zero-order valence-electron chi connectivity index (χ0n) is 16.0. The van der Waals surface area contributed by atoms with Gasteiger partial charge in [-0.3, -0.25) is 0 Å². The van der Waals surface area contributed by atoms with Crippen molar-refractivity contribution < 1.29 is 4.39 Å². The van der Waals surface area contributed by atoms with E-state index in [2.05, 4.69) is 51.0 Å². The number of nitrogens with two attached hydrogens (primary N) is 1. The number of aromatic nitrogens is 2. The van der Waals surface area contributed by atoms with Gasteiger partial charge in [0.1, 0.15) is 5.82 Å². The molecule has 0 amide bonds. The van der Waals surface area contributed by atoms with Gasteiger partial charge in [-0.25, -0.2) is 9.07 Å². The Morgan fingerprint density at radius 2 is 1.81 bits per heavy atom. The summed E-state index contributed by atoms with van der Waals surface area (Å²) in [4.78, 5) is 0. The van der Waals surface area contributed by atoms with Crippen LogP contribution in [0.2, 0.25) is 0 Å². The fraction of sp³-hybridized carbons (Fsp3) is 0.409. The highest BCUT2D eigenvalue weighted by atomic mass is 19.1. The third-order valence-electron chi connectivity index (χ3n) is 5.24. The average molecular weight is 353 g/mol. The van der Waals surface area contributed by atoms with Crippen LogP contribution in [0.15, 0.2) is 48.7 Å². The molecule has 1 aromatic heterocycles. The molecule has 4 heteroatoms. The molecule has 3 aromatic rings. The van der Waals surface area contributed by atoms with E-state index >= 15 is 0 Å². The molecule has 3 nitrogen and oxygen atoms in total. The molecule has 0 aliphatic carbocycles. The summed E-state index contributed by atoms with van der Waals surface area (Å²) in [6.07, 6.45) is 2.98. The Kier molecular flexibility index (Phi) is 5.15. The SMILES string of the molecule is CC(C)CC(c1ccc2c(cnn2-c2ccc(F)cc2)c1)C(C)(C)CN. The van der Waals surface area contributed by atoms with Crippen LogP contribution in [0.1, 0.15) is 45.6 Å². The van der Waals surface area contributed by atoms with Crippen molar-refractivity contribution in [1.82, 2.24) is 9.78 Å². The molecule has 1 atom stereocenters. The third kappa shape index (κ3) is 3.65. The highest BCUT2D eigenvalue weighted by Gasteiger charge is 2.30. The summed E-state index contributed by atoms with van der Waals surface area (Å²) < 4.78 is 15.0. The summed E-state index contributed by atoms with van der Waals surface area (Å²) in [5, 5.41) is 5.60. The molecule has 1 unspecified atom stereocenters. The second-order valence-electron chi connectivity index (χ2n) is 8.23. The van der Waals surface area contributed by atoms with Crippen LogP contribution >= 0.6 is 0 Å². The minimum Gasteiger partial charge on any atom is -0.330 e. The highest BCUT2D eigenvalue weighted by molar-refractivity contribution is 5.81. The van der Waals surface area contributed by atoms with E-state index in [0.717, 1.165) is 23.0 Å². The fourth-order valence-corrected chi connectivity index (χ4v) is 3.58. The Balaban J connectivity index is 2.02. The van der Waals surface area contributed by atoms with Crippen LogP contribution in [0.25, 0.3) is 16.6 Å². The van der Waals surface area contributed by atoms with Gasteiger partial charge in [0.05, 0.1) is 17.4 Å². The first-order valence-electron chi connectivity index (χ1n) is 9.25. The molecule has 0 bridgehead atoms. The molecule has 0 spiro atoms. The Morgan fingerprint density at radius 1 is 1.12 bits per heavy atom. The molecule has 138 valence electrons. The van der Waals surface area contributed by atoms with E-state index in [9.17, 15) is 4.39 Å². The molecule has 0 fully saturated rings. The zero-order chi connectivity index (χ0) is 18.9. The average Bonchev–Trinajstić information content (AvgIpc) is 3.03. The molecule has 0 aliphatic rings. The molecule has 26 heavy (non-hydrogen) atoms. The van der Waals surface area contributed by atoms with E-state index in [1.165, 1.54) is 17.7 Å². The van der Waals surface area contributed by atoms with Crippen molar-refractivity contribution in [2.45, 2.75) is 40.0 Å². The van der Waals surface area contributed by atoms with Crippen LogP contribution in [-0.2, 0) is 0 Å². The summed E-state index contributed by atoms with van der Waals surface area (Å²) in [5.41, 5.74) is 9.30. The number of benzene rings is 2. The van der Waals surface area contributed by atoms with Crippen LogP contribution in [-0.4, -0.2) is 16.3 Å². The lowest BCUT2D eigenvalue weighted by molar-refractivity contribution is 0.261. The first-order chi connectivity index (χ1) is 12.3. The monoisotopic (exact) mass is 353 g/mol. The standard InChI is InChI=1S/C22H28FN3/c1-15(2)11-20(22(3,4)14-24)16-5-10-21-17(12-16)13-25-26(21)19-8-6-18(23)7-9-19/h5-10,12-13,15,20H,11,14,24H2,1-4H3. The van der Waals surface area contributed by atoms with Crippen molar-refractivity contribution >= 4 is 10.9 Å². The van der Waals surface area contributed by atoms with Gasteiger partial charge in [-0.15, -0.1) is 0 Å². The number of fused-ring (bicyclic) bond motifs is 1. The number of nitrogens with zero attached hydrogens (tertiary/aromatic N) is 2. The number of halogens is 1. The molecule has 2 aromatic carbocycles. The molecule has 0 radical (unpaired) electrons. The van der Waals surface area contributed by atoms with Crippen molar-refractivity contribution in [2.75, 3.05) is 6.54 Å². The van der Waals surface area contributed by atoms with Gasteiger partial charge in [0, 0.05) is 5.39 Å². The van der Waals surface area contributed by atoms with E-state index in [-0.39, 0.29) is 11.2 Å². The minimum absolute atomic E-state index is 0.0326. The van der Waals surface area contributed by atoms with Crippen molar-refractivity contribution in [1.29, 1.82) is 0 Å². The quantitative estimate of drug-likeness (QED) is 0.655. The first kappa shape index (κ1) is 18.6. The van der Waals surface area contributed by atoms with Crippen LogP contribution in [0.4, 0.5) is 4.39 Å². The van der Waals surface area contributed by atoms with Crippen molar-refractivity contribution in [3.8, 4) is 5.69 Å². The molecular weight excluding hydrogens is 325 g/mol. The van der Waals surface area contributed by atoms with E-state index in [4.69, 9.17) is 5.73 Å². The van der Waals surface area contributed by atoms with Gasteiger partial charge < -0.3 is 5.73 Å². The summed E-state index contributed by atoms with van der Waals surface area (Å²) in [7, 11) is 0. The maximum atomic E-state index is 13.2. The third-order valence-corrected chi connectivity index (χ3v) is 5.24. The predicted molar refractivity (Wildman–Crippen MR) is 106 cm³/mol. The van der Waals surface area contributed by atoms with Crippen LogP contribution < -0.4 is 5.73 Å². The van der Waals surface area contributed by atoms with Gasteiger partial charge in [0.25, 0.3) is 0 Å². The lowest BCUT2D eigenvalue weighted by Crippen LogP contribution is -2.31. The van der Waals surface area contributed by atoms with Gasteiger partial charge in [0.2, 0.25) is 0 Å². The van der Waals surface area contributed by atoms with E-state index in [0.29, 0.717) is 18.4 Å². The van der Waals surface area contributed by atoms with E-state index in [1.807, 2.05) is 10.9 Å². The smallest absolute Gasteiger partial charge is 0.123 e. The Morgan fingerprint density at radius 3 is 2.42 bits per heavy atom. The summed E-state index contributed by atoms with van der Waals surface area (Å²) >= 11 is 0. The normalized spacial score (nSPS) is 13.5. The number of rotatable bonds is 6. The second-order valence-corrected chi connectivity index (χ2v) is 8.23. The van der Waals surface area contributed by atoms with Crippen molar-refractivity contribution in [3.63, 3.8) is 0 Å². The Labute approximate surface area is 155 Å². The fourth-order valence-electron chi connectivity index (χ4n) is 3.58. The minimum atomic E-state index is -0.243. The van der Waals surface area contributed by atoms with Gasteiger partial charge in [-0.05, 0) is 72.2 Å². The van der Waals surface area contributed by atoms with Gasteiger partial charge in [-0.1, -0.05) is 33.8 Å². The van der Waals surface area contributed by atoms with Gasteiger partial charge in [-0.2, -0.15) is 5.10 Å². The summed E-state index contributed by atoms with van der Waals surface area (Å²) in [5.74, 6) is 0.752. The first-order valence-corrected chi connectivity index (χ1v) is 9.25. The molecule has 0 aliphatic heterocycles. The van der Waals surface area contributed by atoms with Crippen LogP contribution in [0, 0.1) is 17.2 Å². The van der Waals surface area contributed by atoms with Crippen LogP contribution in [0.3, 0.4) is 0 Å². The van der Waals surface area contributed by atoms with E-state index in [1.54, 1.807) is 12.1 Å². The van der Waals surface area contributed by atoms with E-state index < -0.39 is 0 Å². The number of hydrogen-bond acceptors (Lipinski definition) is 2. The van der Waals surface area contributed by atoms with Crippen LogP contribution in [0.5, 0.6) is 0 Å². The van der Waals surface area contributed by atoms with Gasteiger partial charge >= 0.3 is 0 Å². The number of hydrogen-bond donors (Lipinski definition) is 1. The molecule has 2 N–H and O–H groups in total. The van der Waals surface area contributed by atoms with Gasteiger partial charge in [0.15, 0.2) is 0 Å². The molecule has 0 saturated carbocycles. The summed E-state index contributed by atoms with van der Waals surface area (Å²) in [6.45, 7) is 9.64. The largest absolute Gasteiger partial charge is 0.330 e. The topological polar surface area (TPSA) is 43.8 Å². The second kappa shape index (κ2) is 7.20. The summed E-state index contributed by atoms with van der Waals surface area (Å²) in [6, 6.07) is 12.9. The van der Waals surface area contributed by atoms with Crippen molar-refractivity contribution in [2.24, 2.45) is 17.1 Å². The Hall–Kier alpha value is -2.20. The molecule has 3 rings (SSSR count). The highest BCUT2D eigenvalue weighted by Crippen LogP contribution is 2.40. The molecular formula is C22H28FN3. The maximum absolute atomic E-state index is 13.2.